The number of rotatable bonds is 6. The van der Waals surface area contributed by atoms with Gasteiger partial charge < -0.3 is 10.1 Å². The van der Waals surface area contributed by atoms with Crippen molar-refractivity contribution in [2.75, 3.05) is 44.7 Å². The third kappa shape index (κ3) is 4.72. The molecule has 1 saturated heterocycles. The number of nitrogens with zero attached hydrogens (tertiary/aromatic N) is 3. The lowest BCUT2D eigenvalue weighted by Crippen LogP contribution is -2.37. The molecule has 0 radical (unpaired) electrons. The summed E-state index contributed by atoms with van der Waals surface area (Å²) in [5.74, 6) is 2.23. The van der Waals surface area contributed by atoms with Gasteiger partial charge in [-0.2, -0.15) is 0 Å². The Bertz CT molecular complexity index is 416. The summed E-state index contributed by atoms with van der Waals surface area (Å²) in [7, 11) is 0. The molecule has 0 atom stereocenters. The molecule has 5 heteroatoms. The van der Waals surface area contributed by atoms with Crippen LogP contribution >= 0.6 is 0 Å². The second kappa shape index (κ2) is 7.55. The lowest BCUT2D eigenvalue weighted by molar-refractivity contribution is 0.0378. The van der Waals surface area contributed by atoms with Crippen LogP contribution in [0.25, 0.3) is 0 Å². The summed E-state index contributed by atoms with van der Waals surface area (Å²) < 4.78 is 5.35. The standard InChI is InChI=1S/C15H26N4O/c1-12(2)15-17-13(3)11-14(18-15)16-5-4-6-19-7-9-20-10-8-19/h11-12H,4-10H2,1-3H3,(H,16,17,18). The molecule has 1 aromatic heterocycles. The van der Waals surface area contributed by atoms with Gasteiger partial charge in [0.05, 0.1) is 13.2 Å². The molecule has 112 valence electrons. The number of hydrogen-bond acceptors (Lipinski definition) is 5. The van der Waals surface area contributed by atoms with Gasteiger partial charge in [0.15, 0.2) is 0 Å². The molecule has 5 nitrogen and oxygen atoms in total. The third-order valence-corrected chi connectivity index (χ3v) is 3.45. The summed E-state index contributed by atoms with van der Waals surface area (Å²) in [5.41, 5.74) is 1.03. The van der Waals surface area contributed by atoms with E-state index in [9.17, 15) is 0 Å². The maximum atomic E-state index is 5.35. The second-order valence-electron chi connectivity index (χ2n) is 5.64. The SMILES string of the molecule is Cc1cc(NCCCN2CCOCC2)nc(C(C)C)n1. The minimum atomic E-state index is 0.365. The molecule has 1 aliphatic rings. The molecule has 0 bridgehead atoms. The van der Waals surface area contributed by atoms with Crippen molar-refractivity contribution in [3.63, 3.8) is 0 Å². The van der Waals surface area contributed by atoms with Gasteiger partial charge in [0.2, 0.25) is 0 Å². The van der Waals surface area contributed by atoms with Crippen LogP contribution in [-0.4, -0.2) is 54.3 Å². The highest BCUT2D eigenvalue weighted by molar-refractivity contribution is 5.36. The number of hydrogen-bond donors (Lipinski definition) is 1. The van der Waals surface area contributed by atoms with Crippen molar-refractivity contribution in [3.8, 4) is 0 Å². The van der Waals surface area contributed by atoms with E-state index in [1.807, 2.05) is 13.0 Å². The molecule has 0 saturated carbocycles. The summed E-state index contributed by atoms with van der Waals surface area (Å²) in [4.78, 5) is 11.5. The van der Waals surface area contributed by atoms with Crippen LogP contribution in [0.1, 0.15) is 37.7 Å². The molecular weight excluding hydrogens is 252 g/mol. The average molecular weight is 278 g/mol. The number of anilines is 1. The smallest absolute Gasteiger partial charge is 0.133 e. The van der Waals surface area contributed by atoms with Gasteiger partial charge in [-0.3, -0.25) is 4.90 Å². The minimum absolute atomic E-state index is 0.365. The minimum Gasteiger partial charge on any atom is -0.379 e. The van der Waals surface area contributed by atoms with Crippen molar-refractivity contribution >= 4 is 5.82 Å². The summed E-state index contributed by atoms with van der Waals surface area (Å²) >= 11 is 0. The first-order chi connectivity index (χ1) is 9.65. The lowest BCUT2D eigenvalue weighted by Gasteiger charge is -2.26. The summed E-state index contributed by atoms with van der Waals surface area (Å²) in [5, 5.41) is 3.41. The quantitative estimate of drug-likeness (QED) is 0.807. The van der Waals surface area contributed by atoms with Gasteiger partial charge in [-0.05, 0) is 19.9 Å². The Balaban J connectivity index is 1.75. The van der Waals surface area contributed by atoms with Crippen molar-refractivity contribution < 1.29 is 4.74 Å². The predicted octanol–water partition coefficient (Wildman–Crippen LogP) is 2.04. The lowest BCUT2D eigenvalue weighted by atomic mass is 10.2. The van der Waals surface area contributed by atoms with Gasteiger partial charge in [0, 0.05) is 37.3 Å². The normalized spacial score (nSPS) is 16.6. The zero-order chi connectivity index (χ0) is 14.4. The van der Waals surface area contributed by atoms with Crippen LogP contribution in [0.5, 0.6) is 0 Å². The molecule has 2 heterocycles. The molecule has 0 aromatic carbocycles. The van der Waals surface area contributed by atoms with Crippen LogP contribution < -0.4 is 5.32 Å². The molecule has 20 heavy (non-hydrogen) atoms. The fourth-order valence-electron chi connectivity index (χ4n) is 2.28. The van der Waals surface area contributed by atoms with E-state index in [4.69, 9.17) is 4.74 Å². The molecule has 0 aliphatic carbocycles. The number of aryl methyl sites for hydroxylation is 1. The zero-order valence-corrected chi connectivity index (χ0v) is 12.9. The topological polar surface area (TPSA) is 50.3 Å². The van der Waals surface area contributed by atoms with Crippen LogP contribution in [0.2, 0.25) is 0 Å². The molecule has 1 aliphatic heterocycles. The van der Waals surface area contributed by atoms with E-state index in [2.05, 4.69) is 34.0 Å². The molecule has 2 rings (SSSR count). The zero-order valence-electron chi connectivity index (χ0n) is 12.9. The van der Waals surface area contributed by atoms with E-state index in [0.717, 1.165) is 63.1 Å². The highest BCUT2D eigenvalue weighted by atomic mass is 16.5. The fourth-order valence-corrected chi connectivity index (χ4v) is 2.28. The van der Waals surface area contributed by atoms with Crippen LogP contribution in [-0.2, 0) is 4.74 Å². The van der Waals surface area contributed by atoms with Crippen molar-refractivity contribution in [3.05, 3.63) is 17.6 Å². The van der Waals surface area contributed by atoms with E-state index in [0.29, 0.717) is 5.92 Å². The van der Waals surface area contributed by atoms with E-state index in [-0.39, 0.29) is 0 Å². The van der Waals surface area contributed by atoms with Gasteiger partial charge in [0.25, 0.3) is 0 Å². The van der Waals surface area contributed by atoms with E-state index in [1.165, 1.54) is 0 Å². The molecule has 0 amide bonds. The molecular formula is C15H26N4O. The van der Waals surface area contributed by atoms with Gasteiger partial charge in [-0.1, -0.05) is 13.8 Å². The Labute approximate surface area is 121 Å². The van der Waals surface area contributed by atoms with Crippen molar-refractivity contribution in [2.24, 2.45) is 0 Å². The Morgan fingerprint density at radius 3 is 2.75 bits per heavy atom. The van der Waals surface area contributed by atoms with Crippen molar-refractivity contribution in [1.82, 2.24) is 14.9 Å². The highest BCUT2D eigenvalue weighted by Crippen LogP contribution is 2.13. The number of nitrogens with one attached hydrogen (secondary N) is 1. The summed E-state index contributed by atoms with van der Waals surface area (Å²) in [6.45, 7) is 12.2. The largest absolute Gasteiger partial charge is 0.379 e. The molecule has 0 unspecified atom stereocenters. The first-order valence-corrected chi connectivity index (χ1v) is 7.54. The van der Waals surface area contributed by atoms with Gasteiger partial charge >= 0.3 is 0 Å². The molecule has 0 spiro atoms. The molecule has 1 fully saturated rings. The maximum absolute atomic E-state index is 5.35. The fraction of sp³-hybridized carbons (Fsp3) is 0.733. The molecule has 1 N–H and O–H groups in total. The van der Waals surface area contributed by atoms with Crippen LogP contribution in [0.4, 0.5) is 5.82 Å². The maximum Gasteiger partial charge on any atom is 0.133 e. The number of ether oxygens (including phenoxy) is 1. The third-order valence-electron chi connectivity index (χ3n) is 3.45. The first kappa shape index (κ1) is 15.2. The van der Waals surface area contributed by atoms with Gasteiger partial charge in [-0.15, -0.1) is 0 Å². The first-order valence-electron chi connectivity index (χ1n) is 7.54. The van der Waals surface area contributed by atoms with Gasteiger partial charge in [0.1, 0.15) is 11.6 Å². The summed E-state index contributed by atoms with van der Waals surface area (Å²) in [6, 6.07) is 2.01. The highest BCUT2D eigenvalue weighted by Gasteiger charge is 2.09. The van der Waals surface area contributed by atoms with E-state index < -0.39 is 0 Å². The monoisotopic (exact) mass is 278 g/mol. The van der Waals surface area contributed by atoms with Crippen molar-refractivity contribution in [1.29, 1.82) is 0 Å². The Morgan fingerprint density at radius 1 is 1.30 bits per heavy atom. The predicted molar refractivity (Wildman–Crippen MR) is 81.2 cm³/mol. The van der Waals surface area contributed by atoms with Crippen LogP contribution in [0, 0.1) is 6.92 Å². The van der Waals surface area contributed by atoms with Crippen LogP contribution in [0.15, 0.2) is 6.07 Å². The Kier molecular flexibility index (Phi) is 5.73. The number of morpholine rings is 1. The number of aromatic nitrogens is 2. The Hall–Kier alpha value is -1.20. The van der Waals surface area contributed by atoms with E-state index in [1.54, 1.807) is 0 Å². The van der Waals surface area contributed by atoms with Crippen molar-refractivity contribution in [2.45, 2.75) is 33.1 Å². The summed E-state index contributed by atoms with van der Waals surface area (Å²) in [6.07, 6.45) is 1.13. The Morgan fingerprint density at radius 2 is 2.05 bits per heavy atom. The van der Waals surface area contributed by atoms with E-state index >= 15 is 0 Å². The van der Waals surface area contributed by atoms with Crippen LogP contribution in [0.3, 0.4) is 0 Å². The molecule has 1 aromatic rings. The van der Waals surface area contributed by atoms with Gasteiger partial charge in [-0.25, -0.2) is 9.97 Å². The average Bonchev–Trinajstić information content (AvgIpc) is 2.44. The second-order valence-corrected chi connectivity index (χ2v) is 5.64.